The lowest BCUT2D eigenvalue weighted by Gasteiger charge is -2.26. The van der Waals surface area contributed by atoms with Gasteiger partial charge < -0.3 is 0 Å². The molecular formula is C8H10N2OS. The maximum absolute atomic E-state index is 11.1. The van der Waals surface area contributed by atoms with Crippen molar-refractivity contribution in [3.8, 4) is 0 Å². The number of ketones is 1. The quantitative estimate of drug-likeness (QED) is 0.648. The predicted molar refractivity (Wildman–Crippen MR) is 48.6 cm³/mol. The molecule has 1 saturated heterocycles. The molecule has 0 amide bonds. The van der Waals surface area contributed by atoms with Crippen molar-refractivity contribution in [3.05, 3.63) is 18.0 Å². The fraction of sp³-hybridized carbons (Fsp3) is 0.500. The zero-order valence-corrected chi connectivity index (χ0v) is 7.67. The highest BCUT2D eigenvalue weighted by atomic mass is 32.2. The van der Waals surface area contributed by atoms with Crippen LogP contribution >= 0.6 is 11.8 Å². The molecule has 4 heteroatoms. The molecule has 1 aliphatic heterocycles. The molecule has 0 aromatic carbocycles. The van der Waals surface area contributed by atoms with Gasteiger partial charge in [0, 0.05) is 24.6 Å². The lowest BCUT2D eigenvalue weighted by molar-refractivity contribution is 0.100. The number of nitrogens with zero attached hydrogens (tertiary/aromatic N) is 2. The Morgan fingerprint density at radius 3 is 3.00 bits per heavy atom. The molecular weight excluding hydrogens is 172 g/mol. The number of hydrogen-bond donors (Lipinski definition) is 0. The molecule has 2 rings (SSSR count). The van der Waals surface area contributed by atoms with Gasteiger partial charge in [0.05, 0.1) is 6.04 Å². The smallest absolute Gasteiger partial charge is 0.177 e. The molecule has 1 fully saturated rings. The summed E-state index contributed by atoms with van der Waals surface area (Å²) in [4.78, 5) is 11.1. The lowest BCUT2D eigenvalue weighted by atomic mass is 10.3. The van der Waals surface area contributed by atoms with Crippen LogP contribution in [0.5, 0.6) is 0 Å². The largest absolute Gasteiger partial charge is 0.293 e. The molecule has 0 radical (unpaired) electrons. The van der Waals surface area contributed by atoms with E-state index in [4.69, 9.17) is 0 Å². The van der Waals surface area contributed by atoms with Crippen LogP contribution in [0.2, 0.25) is 0 Å². The summed E-state index contributed by atoms with van der Waals surface area (Å²) in [7, 11) is 0. The molecule has 1 aromatic rings. The van der Waals surface area contributed by atoms with Gasteiger partial charge in [-0.25, -0.2) is 0 Å². The first-order chi connectivity index (χ1) is 5.79. The van der Waals surface area contributed by atoms with Gasteiger partial charge in [0.15, 0.2) is 5.78 Å². The highest BCUT2D eigenvalue weighted by molar-refractivity contribution is 8.00. The third-order valence-electron chi connectivity index (χ3n) is 2.00. The van der Waals surface area contributed by atoms with Crippen molar-refractivity contribution in [3.63, 3.8) is 0 Å². The number of thioether (sulfide) groups is 1. The molecule has 0 atom stereocenters. The van der Waals surface area contributed by atoms with Crippen molar-refractivity contribution in [2.45, 2.75) is 13.0 Å². The highest BCUT2D eigenvalue weighted by Gasteiger charge is 2.23. The van der Waals surface area contributed by atoms with E-state index in [1.165, 1.54) is 0 Å². The highest BCUT2D eigenvalue weighted by Crippen LogP contribution is 2.29. The molecule has 0 unspecified atom stereocenters. The molecule has 1 aliphatic rings. The van der Waals surface area contributed by atoms with Gasteiger partial charge in [-0.3, -0.25) is 9.48 Å². The number of hydrogen-bond acceptors (Lipinski definition) is 3. The number of rotatable bonds is 2. The second-order valence-electron chi connectivity index (χ2n) is 2.91. The van der Waals surface area contributed by atoms with E-state index in [0.717, 1.165) is 17.2 Å². The normalized spacial score (nSPS) is 17.4. The summed E-state index contributed by atoms with van der Waals surface area (Å²) in [5.74, 6) is 2.27. The number of aromatic nitrogens is 2. The van der Waals surface area contributed by atoms with Crippen LogP contribution < -0.4 is 0 Å². The molecule has 12 heavy (non-hydrogen) atoms. The van der Waals surface area contributed by atoms with Crippen molar-refractivity contribution in [2.75, 3.05) is 11.5 Å². The summed E-state index contributed by atoms with van der Waals surface area (Å²) in [6.07, 6.45) is 1.69. The van der Waals surface area contributed by atoms with Crippen molar-refractivity contribution in [1.82, 2.24) is 9.78 Å². The first-order valence-electron chi connectivity index (χ1n) is 3.91. The Balaban J connectivity index is 2.29. The fourth-order valence-electron chi connectivity index (χ4n) is 1.25. The summed E-state index contributed by atoms with van der Waals surface area (Å²) in [6, 6.07) is 2.23. The molecule has 0 N–H and O–H groups in total. The predicted octanol–water partition coefficient (Wildman–Crippen LogP) is 1.37. The Labute approximate surface area is 75.1 Å². The summed E-state index contributed by atoms with van der Waals surface area (Å²) >= 11 is 1.89. The van der Waals surface area contributed by atoms with Gasteiger partial charge in [-0.05, 0) is 6.07 Å². The molecule has 0 saturated carbocycles. The van der Waals surface area contributed by atoms with Crippen LogP contribution in [0.25, 0.3) is 0 Å². The summed E-state index contributed by atoms with van der Waals surface area (Å²) in [5, 5.41) is 4.14. The van der Waals surface area contributed by atoms with Gasteiger partial charge in [-0.1, -0.05) is 0 Å². The van der Waals surface area contributed by atoms with E-state index in [1.807, 2.05) is 16.4 Å². The monoisotopic (exact) mass is 182 g/mol. The Hall–Kier alpha value is -0.770. The Bertz CT molecular complexity index is 304. The van der Waals surface area contributed by atoms with E-state index in [2.05, 4.69) is 5.10 Å². The van der Waals surface area contributed by atoms with Crippen molar-refractivity contribution in [1.29, 1.82) is 0 Å². The maximum Gasteiger partial charge on any atom is 0.177 e. The third-order valence-corrected chi connectivity index (χ3v) is 3.24. The van der Waals surface area contributed by atoms with Crippen LogP contribution in [-0.4, -0.2) is 27.1 Å². The minimum Gasteiger partial charge on any atom is -0.293 e. The van der Waals surface area contributed by atoms with Gasteiger partial charge in [-0.15, -0.1) is 0 Å². The number of carbonyl (C=O) groups is 1. The van der Waals surface area contributed by atoms with Gasteiger partial charge in [0.2, 0.25) is 0 Å². The van der Waals surface area contributed by atoms with Crippen LogP contribution in [-0.2, 0) is 0 Å². The minimum absolute atomic E-state index is 0.101. The fourth-order valence-corrected chi connectivity index (χ4v) is 1.98. The molecule has 0 aliphatic carbocycles. The van der Waals surface area contributed by atoms with E-state index >= 15 is 0 Å². The van der Waals surface area contributed by atoms with Crippen LogP contribution in [0.3, 0.4) is 0 Å². The Morgan fingerprint density at radius 1 is 1.75 bits per heavy atom. The first-order valence-corrected chi connectivity index (χ1v) is 5.06. The van der Waals surface area contributed by atoms with Crippen molar-refractivity contribution >= 4 is 17.5 Å². The Morgan fingerprint density at radius 2 is 2.50 bits per heavy atom. The zero-order valence-electron chi connectivity index (χ0n) is 6.86. The molecule has 2 heterocycles. The van der Waals surface area contributed by atoms with E-state index in [0.29, 0.717) is 6.04 Å². The molecule has 0 spiro atoms. The van der Waals surface area contributed by atoms with Crippen LogP contribution in [0, 0.1) is 0 Å². The number of Topliss-reactive ketones (excluding diaryl/α,β-unsaturated/α-hetero) is 1. The van der Waals surface area contributed by atoms with Gasteiger partial charge in [0.25, 0.3) is 0 Å². The molecule has 1 aromatic heterocycles. The van der Waals surface area contributed by atoms with Crippen LogP contribution in [0.15, 0.2) is 12.3 Å². The molecule has 3 nitrogen and oxygen atoms in total. The molecule has 64 valence electrons. The summed E-state index contributed by atoms with van der Waals surface area (Å²) in [6.45, 7) is 1.58. The Kier molecular flexibility index (Phi) is 1.92. The minimum atomic E-state index is 0.101. The van der Waals surface area contributed by atoms with Crippen LogP contribution in [0.4, 0.5) is 0 Å². The first kappa shape index (κ1) is 7.86. The van der Waals surface area contributed by atoms with E-state index in [9.17, 15) is 4.79 Å². The standard InChI is InChI=1S/C8H10N2OS/c1-6(11)8-2-3-9-10(8)7-4-12-5-7/h2-3,7H,4-5H2,1H3. The second kappa shape index (κ2) is 2.94. The van der Waals surface area contributed by atoms with Crippen molar-refractivity contribution in [2.24, 2.45) is 0 Å². The summed E-state index contributed by atoms with van der Waals surface area (Å²) in [5.41, 5.74) is 0.736. The topological polar surface area (TPSA) is 34.9 Å². The SMILES string of the molecule is CC(=O)c1ccnn1C1CSC1. The number of carbonyl (C=O) groups excluding carboxylic acids is 1. The zero-order chi connectivity index (χ0) is 8.55. The van der Waals surface area contributed by atoms with Crippen LogP contribution in [0.1, 0.15) is 23.5 Å². The van der Waals surface area contributed by atoms with Gasteiger partial charge >= 0.3 is 0 Å². The van der Waals surface area contributed by atoms with Gasteiger partial charge in [-0.2, -0.15) is 16.9 Å². The average molecular weight is 182 g/mol. The third kappa shape index (κ3) is 1.16. The lowest BCUT2D eigenvalue weighted by Crippen LogP contribution is -2.26. The summed E-state index contributed by atoms with van der Waals surface area (Å²) < 4.78 is 1.85. The van der Waals surface area contributed by atoms with E-state index in [1.54, 1.807) is 19.2 Å². The maximum atomic E-state index is 11.1. The van der Waals surface area contributed by atoms with E-state index < -0.39 is 0 Å². The van der Waals surface area contributed by atoms with Crippen molar-refractivity contribution < 1.29 is 4.79 Å². The van der Waals surface area contributed by atoms with Gasteiger partial charge in [0.1, 0.15) is 5.69 Å². The molecule has 0 bridgehead atoms. The second-order valence-corrected chi connectivity index (χ2v) is 3.98. The van der Waals surface area contributed by atoms with E-state index in [-0.39, 0.29) is 5.78 Å². The average Bonchev–Trinajstić information content (AvgIpc) is 2.31.